The van der Waals surface area contributed by atoms with Gasteiger partial charge in [0.15, 0.2) is 0 Å². The molecule has 0 unspecified atom stereocenters. The highest BCUT2D eigenvalue weighted by Crippen LogP contribution is 2.46. The van der Waals surface area contributed by atoms with Gasteiger partial charge in [0.25, 0.3) is 0 Å². The molecule has 1 fully saturated rings. The van der Waals surface area contributed by atoms with Crippen LogP contribution in [0.1, 0.15) is 6.42 Å². The fraction of sp³-hybridized carbons (Fsp3) is 0.250. The van der Waals surface area contributed by atoms with Gasteiger partial charge in [0.2, 0.25) is 0 Å². The summed E-state index contributed by atoms with van der Waals surface area (Å²) in [7, 11) is -4.04. The van der Waals surface area contributed by atoms with Crippen molar-refractivity contribution in [2.75, 3.05) is 21.8 Å². The van der Waals surface area contributed by atoms with Crippen LogP contribution in [0.3, 0.4) is 0 Å². The molecule has 2 aromatic rings. The van der Waals surface area contributed by atoms with E-state index in [4.69, 9.17) is 4.74 Å². The van der Waals surface area contributed by atoms with Crippen LogP contribution in [-0.2, 0) is 14.9 Å². The van der Waals surface area contributed by atoms with Crippen molar-refractivity contribution in [1.82, 2.24) is 0 Å². The van der Waals surface area contributed by atoms with Crippen molar-refractivity contribution < 1.29 is 21.9 Å². The Morgan fingerprint density at radius 1 is 1.08 bits per heavy atom. The quantitative estimate of drug-likeness (QED) is 0.795. The number of ether oxygens (including phenoxy) is 1. The first-order valence-corrected chi connectivity index (χ1v) is 8.87. The first-order valence-electron chi connectivity index (χ1n) is 7.47. The Morgan fingerprint density at radius 3 is 2.50 bits per heavy atom. The Hall–Kier alpha value is -2.19. The highest BCUT2D eigenvalue weighted by atomic mass is 32.2. The average molecular weight is 352 g/mol. The minimum atomic E-state index is -4.04. The Labute approximate surface area is 138 Å². The zero-order chi connectivity index (χ0) is 16.9. The third-order valence-electron chi connectivity index (χ3n) is 4.06. The first-order chi connectivity index (χ1) is 11.5. The van der Waals surface area contributed by atoms with Gasteiger partial charge in [-0.15, -0.1) is 0 Å². The highest BCUT2D eigenvalue weighted by Gasteiger charge is 2.42. The fourth-order valence-corrected chi connectivity index (χ4v) is 4.55. The second kappa shape index (κ2) is 5.42. The van der Waals surface area contributed by atoms with Gasteiger partial charge in [-0.25, -0.2) is 13.1 Å². The molecule has 2 aromatic carbocycles. The molecule has 0 aliphatic carbocycles. The van der Waals surface area contributed by atoms with Gasteiger partial charge in [-0.2, -0.15) is 8.42 Å². The predicted octanol–water partition coefficient (Wildman–Crippen LogP) is 2.96. The van der Waals surface area contributed by atoms with Crippen molar-refractivity contribution in [2.24, 2.45) is 0 Å². The van der Waals surface area contributed by atoms with Gasteiger partial charge in [-0.3, -0.25) is 4.31 Å². The maximum Gasteiger partial charge on any atom is 0.331 e. The second-order valence-corrected chi connectivity index (χ2v) is 7.37. The molecule has 0 amide bonds. The van der Waals surface area contributed by atoms with Gasteiger partial charge < -0.3 is 4.74 Å². The smallest absolute Gasteiger partial charge is 0.331 e. The molecule has 8 heteroatoms. The summed E-state index contributed by atoms with van der Waals surface area (Å²) in [6.07, 6.45) is 0.611. The lowest BCUT2D eigenvalue weighted by Gasteiger charge is -2.22. The van der Waals surface area contributed by atoms with Crippen molar-refractivity contribution in [3.8, 4) is 0 Å². The zero-order valence-electron chi connectivity index (χ0n) is 12.5. The lowest BCUT2D eigenvalue weighted by atomic mass is 10.2. The molecule has 2 heterocycles. The molecule has 5 nitrogen and oxygen atoms in total. The predicted molar refractivity (Wildman–Crippen MR) is 85.6 cm³/mol. The van der Waals surface area contributed by atoms with E-state index < -0.39 is 21.8 Å². The number of epoxide rings is 1. The van der Waals surface area contributed by atoms with Gasteiger partial charge in [0, 0.05) is 12.6 Å². The third-order valence-corrected chi connectivity index (χ3v) is 5.85. The number of anilines is 3. The molecule has 2 aliphatic rings. The van der Waals surface area contributed by atoms with Crippen LogP contribution < -0.4 is 8.61 Å². The Morgan fingerprint density at radius 2 is 1.79 bits per heavy atom. The van der Waals surface area contributed by atoms with Gasteiger partial charge in [-0.05, 0) is 30.7 Å². The summed E-state index contributed by atoms with van der Waals surface area (Å²) in [6, 6.07) is 9.35. The molecule has 1 atom stereocenters. The Balaban J connectivity index is 1.83. The minimum Gasteiger partial charge on any atom is -0.373 e. The van der Waals surface area contributed by atoms with Gasteiger partial charge in [0.1, 0.15) is 11.6 Å². The van der Waals surface area contributed by atoms with Crippen LogP contribution in [0.2, 0.25) is 0 Å². The topological polar surface area (TPSA) is 53.2 Å². The summed E-state index contributed by atoms with van der Waals surface area (Å²) in [5.41, 5.74) is 0.424. The lowest BCUT2D eigenvalue weighted by Crippen LogP contribution is -2.36. The lowest BCUT2D eigenvalue weighted by molar-refractivity contribution is 0.399. The average Bonchev–Trinajstić information content (AvgIpc) is 3.33. The normalized spacial score (nSPS) is 21.0. The van der Waals surface area contributed by atoms with E-state index in [1.165, 1.54) is 4.31 Å². The van der Waals surface area contributed by atoms with Gasteiger partial charge in [0.05, 0.1) is 29.8 Å². The van der Waals surface area contributed by atoms with Crippen molar-refractivity contribution in [1.29, 1.82) is 0 Å². The molecule has 1 saturated heterocycles. The van der Waals surface area contributed by atoms with Crippen molar-refractivity contribution in [3.63, 3.8) is 0 Å². The number of benzene rings is 2. The summed E-state index contributed by atoms with van der Waals surface area (Å²) in [5, 5.41) is 0. The summed E-state index contributed by atoms with van der Waals surface area (Å²) in [6.45, 7) is 0.842. The van der Waals surface area contributed by atoms with Crippen molar-refractivity contribution in [3.05, 3.63) is 54.1 Å². The van der Waals surface area contributed by atoms with Crippen LogP contribution in [0.25, 0.3) is 0 Å². The molecule has 0 N–H and O–H groups in total. The van der Waals surface area contributed by atoms with E-state index in [1.807, 2.05) is 0 Å². The molecular formula is C16H14F2N2O3S. The van der Waals surface area contributed by atoms with Crippen LogP contribution in [0.15, 0.2) is 42.5 Å². The van der Waals surface area contributed by atoms with Crippen LogP contribution >= 0.6 is 0 Å². The van der Waals surface area contributed by atoms with E-state index in [0.717, 1.165) is 22.5 Å². The van der Waals surface area contributed by atoms with Crippen LogP contribution in [0.5, 0.6) is 0 Å². The molecule has 126 valence electrons. The number of para-hydroxylation sites is 2. The van der Waals surface area contributed by atoms with Crippen LogP contribution in [0, 0.1) is 11.6 Å². The summed E-state index contributed by atoms with van der Waals surface area (Å²) < 4.78 is 60.9. The number of fused-ring (bicyclic) bond motifs is 1. The number of hydrogen-bond acceptors (Lipinski definition) is 3. The van der Waals surface area contributed by atoms with Gasteiger partial charge >= 0.3 is 10.2 Å². The summed E-state index contributed by atoms with van der Waals surface area (Å²) in [5.74, 6) is -1.51. The Kier molecular flexibility index (Phi) is 3.47. The molecule has 0 spiro atoms. The molecule has 24 heavy (non-hydrogen) atoms. The fourth-order valence-electron chi connectivity index (χ4n) is 2.82. The van der Waals surface area contributed by atoms with Crippen LogP contribution in [0.4, 0.5) is 25.8 Å². The van der Waals surface area contributed by atoms with E-state index in [2.05, 4.69) is 0 Å². The number of halogens is 2. The maximum atomic E-state index is 14.2. The highest BCUT2D eigenvalue weighted by molar-refractivity contribution is 7.95. The zero-order valence-corrected chi connectivity index (χ0v) is 13.3. The molecule has 0 bridgehead atoms. The van der Waals surface area contributed by atoms with E-state index in [0.29, 0.717) is 24.4 Å². The number of rotatable bonds is 4. The SMILES string of the molecule is O=S1(=O)N(CC[C@H]2CO2)c2ccccc2N1c1cc(F)ccc1F. The van der Waals surface area contributed by atoms with E-state index in [1.54, 1.807) is 24.3 Å². The third kappa shape index (κ3) is 2.42. The number of nitrogens with zero attached hydrogens (tertiary/aromatic N) is 2. The van der Waals surface area contributed by atoms with Crippen LogP contribution in [-0.4, -0.2) is 27.7 Å². The Bertz CT molecular complexity index is 900. The van der Waals surface area contributed by atoms with Gasteiger partial charge in [-0.1, -0.05) is 12.1 Å². The van der Waals surface area contributed by atoms with Crippen molar-refractivity contribution in [2.45, 2.75) is 12.5 Å². The monoisotopic (exact) mass is 352 g/mol. The van der Waals surface area contributed by atoms with E-state index >= 15 is 0 Å². The molecule has 2 aliphatic heterocycles. The largest absolute Gasteiger partial charge is 0.373 e. The summed E-state index contributed by atoms with van der Waals surface area (Å²) in [4.78, 5) is 0. The first kappa shape index (κ1) is 15.3. The minimum absolute atomic E-state index is 0.0623. The molecule has 0 aromatic heterocycles. The molecule has 0 saturated carbocycles. The maximum absolute atomic E-state index is 14.2. The van der Waals surface area contributed by atoms with E-state index in [-0.39, 0.29) is 18.3 Å². The van der Waals surface area contributed by atoms with Crippen molar-refractivity contribution >= 4 is 27.3 Å². The molecule has 4 rings (SSSR count). The summed E-state index contributed by atoms with van der Waals surface area (Å²) >= 11 is 0. The molecular weight excluding hydrogens is 338 g/mol. The van der Waals surface area contributed by atoms with E-state index in [9.17, 15) is 17.2 Å². The molecule has 0 radical (unpaired) electrons. The standard InChI is InChI=1S/C16H14F2N2O3S/c17-11-5-6-13(18)16(9-11)20-15-4-2-1-3-14(15)19(24(20,21)22)8-7-12-10-23-12/h1-6,9,12H,7-8,10H2/t12-/m0/s1. The number of hydrogen-bond donors (Lipinski definition) is 0. The second-order valence-electron chi connectivity index (χ2n) is 5.67.